The van der Waals surface area contributed by atoms with Gasteiger partial charge in [0, 0.05) is 36.4 Å². The van der Waals surface area contributed by atoms with E-state index in [1.165, 1.54) is 11.8 Å². The molecule has 4 rings (SSSR count). The number of para-hydroxylation sites is 2. The molecule has 6 nitrogen and oxygen atoms in total. The van der Waals surface area contributed by atoms with Crippen LogP contribution in [0.5, 0.6) is 0 Å². The molecule has 0 aliphatic rings. The van der Waals surface area contributed by atoms with Crippen LogP contribution in [0.15, 0.2) is 90.3 Å². The minimum Gasteiger partial charge on any atom is -0.315 e. The van der Waals surface area contributed by atoms with Crippen LogP contribution in [0.4, 0.5) is 5.69 Å². The van der Waals surface area contributed by atoms with Crippen LogP contribution in [0.25, 0.3) is 17.1 Å². The zero-order valence-corrected chi connectivity index (χ0v) is 16.7. The molecular weight excluding hydrogens is 382 g/mol. The maximum atomic E-state index is 12.7. The average molecular weight is 401 g/mol. The number of carbonyl (C=O) groups is 1. The molecule has 0 bridgehead atoms. The molecule has 1 amide bonds. The molecule has 4 aromatic rings. The summed E-state index contributed by atoms with van der Waals surface area (Å²) in [5.74, 6) is 0.964. The fraction of sp³-hybridized carbons (Fsp3) is 0.0909. The molecular formula is C22H19N5OS. The van der Waals surface area contributed by atoms with Gasteiger partial charge in [-0.15, -0.1) is 10.2 Å². The number of benzene rings is 2. The van der Waals surface area contributed by atoms with Gasteiger partial charge in [-0.3, -0.25) is 14.3 Å². The molecule has 0 fully saturated rings. The number of carbonyl (C=O) groups excluding carboxylic acids is 1. The van der Waals surface area contributed by atoms with E-state index < -0.39 is 0 Å². The third-order valence-corrected chi connectivity index (χ3v) is 5.34. The lowest BCUT2D eigenvalue weighted by molar-refractivity contribution is -0.115. The van der Waals surface area contributed by atoms with Crippen molar-refractivity contribution in [2.45, 2.75) is 5.16 Å². The number of rotatable bonds is 6. The summed E-state index contributed by atoms with van der Waals surface area (Å²) in [6, 6.07) is 23.3. The third-order valence-electron chi connectivity index (χ3n) is 4.43. The van der Waals surface area contributed by atoms with E-state index in [1.54, 1.807) is 24.3 Å². The first-order chi connectivity index (χ1) is 14.2. The Balaban J connectivity index is 1.61. The largest absolute Gasteiger partial charge is 0.315 e. The molecule has 0 unspecified atom stereocenters. The highest BCUT2D eigenvalue weighted by molar-refractivity contribution is 7.99. The summed E-state index contributed by atoms with van der Waals surface area (Å²) in [7, 11) is 1.78. The van der Waals surface area contributed by atoms with Crippen molar-refractivity contribution in [3.8, 4) is 17.1 Å². The summed E-state index contributed by atoms with van der Waals surface area (Å²) in [5.41, 5.74) is 2.71. The fourth-order valence-electron chi connectivity index (χ4n) is 2.88. The van der Waals surface area contributed by atoms with Gasteiger partial charge in [0.2, 0.25) is 5.91 Å². The maximum absolute atomic E-state index is 12.7. The van der Waals surface area contributed by atoms with E-state index in [0.717, 1.165) is 16.9 Å². The van der Waals surface area contributed by atoms with Crippen molar-refractivity contribution >= 4 is 23.4 Å². The molecule has 2 aromatic heterocycles. The Morgan fingerprint density at radius 1 is 0.931 bits per heavy atom. The van der Waals surface area contributed by atoms with E-state index >= 15 is 0 Å². The molecule has 7 heteroatoms. The van der Waals surface area contributed by atoms with E-state index in [1.807, 2.05) is 77.4 Å². The monoisotopic (exact) mass is 401 g/mol. The molecule has 0 aliphatic carbocycles. The Kier molecular flexibility index (Phi) is 5.67. The lowest BCUT2D eigenvalue weighted by Gasteiger charge is -2.17. The van der Waals surface area contributed by atoms with Crippen molar-refractivity contribution in [3.63, 3.8) is 0 Å². The van der Waals surface area contributed by atoms with Gasteiger partial charge < -0.3 is 4.90 Å². The standard InChI is InChI=1S/C22H19N5OS/c1-26(18-8-4-2-5-9-18)20(28)16-29-22-25-24-21(17-12-14-23-15-13-17)27(22)19-10-6-3-7-11-19/h2-15H,16H2,1H3. The predicted octanol–water partition coefficient (Wildman–Crippen LogP) is 4.08. The van der Waals surface area contributed by atoms with E-state index in [0.29, 0.717) is 11.0 Å². The first kappa shape index (κ1) is 18.9. The topological polar surface area (TPSA) is 63.9 Å². The molecule has 0 atom stereocenters. The van der Waals surface area contributed by atoms with Gasteiger partial charge in [0.25, 0.3) is 0 Å². The number of nitrogens with zero attached hydrogens (tertiary/aromatic N) is 5. The minimum absolute atomic E-state index is 0.00530. The van der Waals surface area contributed by atoms with Crippen molar-refractivity contribution in [1.82, 2.24) is 19.7 Å². The van der Waals surface area contributed by atoms with Gasteiger partial charge in [0.05, 0.1) is 5.75 Å². The minimum atomic E-state index is -0.00530. The summed E-state index contributed by atoms with van der Waals surface area (Å²) in [6.07, 6.45) is 3.45. The number of amides is 1. The zero-order chi connectivity index (χ0) is 20.1. The highest BCUT2D eigenvalue weighted by atomic mass is 32.2. The van der Waals surface area contributed by atoms with Crippen LogP contribution >= 0.6 is 11.8 Å². The first-order valence-electron chi connectivity index (χ1n) is 9.09. The highest BCUT2D eigenvalue weighted by Gasteiger charge is 2.18. The van der Waals surface area contributed by atoms with E-state index in [2.05, 4.69) is 15.2 Å². The van der Waals surface area contributed by atoms with E-state index in [9.17, 15) is 4.79 Å². The van der Waals surface area contributed by atoms with Gasteiger partial charge in [0.15, 0.2) is 11.0 Å². The first-order valence-corrected chi connectivity index (χ1v) is 10.1. The number of hydrogen-bond acceptors (Lipinski definition) is 5. The quantitative estimate of drug-likeness (QED) is 0.456. The van der Waals surface area contributed by atoms with Gasteiger partial charge in [-0.25, -0.2) is 0 Å². The molecule has 0 spiro atoms. The van der Waals surface area contributed by atoms with Crippen molar-refractivity contribution < 1.29 is 4.79 Å². The van der Waals surface area contributed by atoms with Crippen LogP contribution < -0.4 is 4.90 Å². The maximum Gasteiger partial charge on any atom is 0.237 e. The Morgan fingerprint density at radius 2 is 1.59 bits per heavy atom. The van der Waals surface area contributed by atoms with Crippen LogP contribution in [0.2, 0.25) is 0 Å². The zero-order valence-electron chi connectivity index (χ0n) is 15.8. The van der Waals surface area contributed by atoms with Crippen LogP contribution in [0.1, 0.15) is 0 Å². The number of aromatic nitrogens is 4. The Morgan fingerprint density at radius 3 is 2.28 bits per heavy atom. The van der Waals surface area contributed by atoms with Crippen LogP contribution in [0, 0.1) is 0 Å². The highest BCUT2D eigenvalue weighted by Crippen LogP contribution is 2.28. The second kappa shape index (κ2) is 8.70. The van der Waals surface area contributed by atoms with Gasteiger partial charge in [0.1, 0.15) is 0 Å². The van der Waals surface area contributed by atoms with Crippen LogP contribution in [-0.4, -0.2) is 38.5 Å². The Labute approximate surface area is 173 Å². The average Bonchev–Trinajstić information content (AvgIpc) is 3.22. The molecule has 2 aromatic carbocycles. The van der Waals surface area contributed by atoms with Crippen molar-refractivity contribution in [2.75, 3.05) is 17.7 Å². The summed E-state index contributed by atoms with van der Waals surface area (Å²) in [6.45, 7) is 0. The molecule has 0 saturated heterocycles. The SMILES string of the molecule is CN(C(=O)CSc1nnc(-c2ccncc2)n1-c1ccccc1)c1ccccc1. The molecule has 29 heavy (non-hydrogen) atoms. The number of thioether (sulfide) groups is 1. The van der Waals surface area contributed by atoms with Gasteiger partial charge in [-0.2, -0.15) is 0 Å². The smallest absolute Gasteiger partial charge is 0.237 e. The molecule has 0 N–H and O–H groups in total. The van der Waals surface area contributed by atoms with Gasteiger partial charge in [-0.1, -0.05) is 48.2 Å². The van der Waals surface area contributed by atoms with E-state index in [-0.39, 0.29) is 11.7 Å². The summed E-state index contributed by atoms with van der Waals surface area (Å²) in [4.78, 5) is 18.4. The molecule has 0 saturated carbocycles. The summed E-state index contributed by atoms with van der Waals surface area (Å²) < 4.78 is 1.97. The van der Waals surface area contributed by atoms with E-state index in [4.69, 9.17) is 0 Å². The second-order valence-electron chi connectivity index (χ2n) is 6.29. The normalized spacial score (nSPS) is 10.7. The van der Waals surface area contributed by atoms with Crippen molar-refractivity contribution in [3.05, 3.63) is 85.2 Å². The van der Waals surface area contributed by atoms with Crippen LogP contribution in [-0.2, 0) is 4.79 Å². The van der Waals surface area contributed by atoms with Crippen LogP contribution in [0.3, 0.4) is 0 Å². The number of pyridine rings is 1. The van der Waals surface area contributed by atoms with Gasteiger partial charge in [-0.05, 0) is 36.4 Å². The lowest BCUT2D eigenvalue weighted by Crippen LogP contribution is -2.27. The van der Waals surface area contributed by atoms with Crippen molar-refractivity contribution in [1.29, 1.82) is 0 Å². The Hall–Kier alpha value is -3.45. The molecule has 0 aliphatic heterocycles. The Bertz CT molecular complexity index is 1080. The second-order valence-corrected chi connectivity index (χ2v) is 7.23. The molecule has 0 radical (unpaired) electrons. The van der Waals surface area contributed by atoms with Gasteiger partial charge >= 0.3 is 0 Å². The third kappa shape index (κ3) is 4.20. The summed E-state index contributed by atoms with van der Waals surface area (Å²) in [5, 5.41) is 9.41. The molecule has 144 valence electrons. The number of anilines is 1. The predicted molar refractivity (Wildman–Crippen MR) is 115 cm³/mol. The molecule has 2 heterocycles. The lowest BCUT2D eigenvalue weighted by atomic mass is 10.2. The summed E-state index contributed by atoms with van der Waals surface area (Å²) >= 11 is 1.37. The fourth-order valence-corrected chi connectivity index (χ4v) is 3.75. The van der Waals surface area contributed by atoms with Crippen molar-refractivity contribution in [2.24, 2.45) is 0 Å². The number of hydrogen-bond donors (Lipinski definition) is 0.